The molecule has 1 saturated heterocycles. The van der Waals surface area contributed by atoms with Crippen LogP contribution in [0.5, 0.6) is 0 Å². The summed E-state index contributed by atoms with van der Waals surface area (Å²) in [5.74, 6) is -0.598. The summed E-state index contributed by atoms with van der Waals surface area (Å²) in [4.78, 5) is 41.0. The number of carbonyl (C=O) groups is 3. The lowest BCUT2D eigenvalue weighted by atomic mass is 10.1. The fraction of sp³-hybridized carbons (Fsp3) is 0.286. The Morgan fingerprint density at radius 1 is 1.07 bits per heavy atom. The monoisotopic (exact) mass is 363 g/mol. The van der Waals surface area contributed by atoms with Crippen LogP contribution in [0.25, 0.3) is 0 Å². The predicted molar refractivity (Wildman–Crippen MR) is 100 cm³/mol. The van der Waals surface area contributed by atoms with Gasteiger partial charge in [-0.05, 0) is 36.8 Å². The average Bonchev–Trinajstić information content (AvgIpc) is 2.93. The highest BCUT2D eigenvalue weighted by atomic mass is 16.2. The van der Waals surface area contributed by atoms with Gasteiger partial charge in [0.15, 0.2) is 0 Å². The van der Waals surface area contributed by atoms with Gasteiger partial charge in [-0.2, -0.15) is 0 Å². The number of hydrogen-bond acceptors (Lipinski definition) is 4. The van der Waals surface area contributed by atoms with Crippen molar-refractivity contribution in [1.82, 2.24) is 15.1 Å². The Labute approximate surface area is 157 Å². The van der Waals surface area contributed by atoms with E-state index in [2.05, 4.69) is 5.32 Å². The van der Waals surface area contributed by atoms with E-state index in [-0.39, 0.29) is 30.3 Å². The van der Waals surface area contributed by atoms with E-state index >= 15 is 0 Å². The van der Waals surface area contributed by atoms with Crippen LogP contribution in [-0.4, -0.2) is 53.2 Å². The van der Waals surface area contributed by atoms with E-state index in [9.17, 15) is 14.4 Å². The number of nitrogens with one attached hydrogen (secondary N) is 1. The third kappa shape index (κ3) is 3.13. The van der Waals surface area contributed by atoms with Gasteiger partial charge in [0.2, 0.25) is 0 Å². The Hall–Kier alpha value is -2.99. The first-order chi connectivity index (χ1) is 13.1. The van der Waals surface area contributed by atoms with Crippen molar-refractivity contribution in [2.45, 2.75) is 19.5 Å². The summed E-state index contributed by atoms with van der Waals surface area (Å²) in [6.07, 6.45) is 0. The minimum Gasteiger partial charge on any atom is -0.333 e. The van der Waals surface area contributed by atoms with Gasteiger partial charge >= 0.3 is 0 Å². The third-order valence-electron chi connectivity index (χ3n) is 5.15. The minimum absolute atomic E-state index is 0.0202. The van der Waals surface area contributed by atoms with Crippen LogP contribution in [0.4, 0.5) is 0 Å². The summed E-state index contributed by atoms with van der Waals surface area (Å²) >= 11 is 0. The second kappa shape index (κ2) is 6.96. The molecule has 0 aliphatic carbocycles. The first-order valence-corrected chi connectivity index (χ1v) is 9.12. The SMILES string of the molecule is CC1CNCCN1C(=O)c1cccc(CN2C(=O)c3ccccc3C2=O)c1. The van der Waals surface area contributed by atoms with Gasteiger partial charge in [0, 0.05) is 31.2 Å². The number of rotatable bonds is 3. The van der Waals surface area contributed by atoms with E-state index in [4.69, 9.17) is 0 Å². The molecule has 1 atom stereocenters. The van der Waals surface area contributed by atoms with Gasteiger partial charge in [0.05, 0.1) is 17.7 Å². The molecule has 1 unspecified atom stereocenters. The summed E-state index contributed by atoms with van der Waals surface area (Å²) in [5, 5.41) is 3.27. The lowest BCUT2D eigenvalue weighted by Crippen LogP contribution is -2.52. The molecule has 138 valence electrons. The second-order valence-corrected chi connectivity index (χ2v) is 6.99. The molecule has 0 aromatic heterocycles. The summed E-state index contributed by atoms with van der Waals surface area (Å²) < 4.78 is 0. The van der Waals surface area contributed by atoms with E-state index < -0.39 is 0 Å². The Morgan fingerprint density at radius 2 is 1.78 bits per heavy atom. The Kier molecular flexibility index (Phi) is 4.49. The first-order valence-electron chi connectivity index (χ1n) is 9.12. The topological polar surface area (TPSA) is 69.7 Å². The Morgan fingerprint density at radius 3 is 2.44 bits per heavy atom. The van der Waals surface area contributed by atoms with Crippen molar-refractivity contribution in [3.05, 3.63) is 70.8 Å². The van der Waals surface area contributed by atoms with Gasteiger partial charge in [0.1, 0.15) is 0 Å². The van der Waals surface area contributed by atoms with E-state index in [0.717, 1.165) is 18.7 Å². The molecule has 4 rings (SSSR count). The molecule has 2 aliphatic rings. The van der Waals surface area contributed by atoms with Crippen LogP contribution < -0.4 is 5.32 Å². The molecule has 2 heterocycles. The van der Waals surface area contributed by atoms with Crippen LogP contribution >= 0.6 is 0 Å². The van der Waals surface area contributed by atoms with Crippen LogP contribution in [0.3, 0.4) is 0 Å². The maximum absolute atomic E-state index is 12.9. The number of carbonyl (C=O) groups excluding carboxylic acids is 3. The first kappa shape index (κ1) is 17.4. The van der Waals surface area contributed by atoms with Gasteiger partial charge in [0.25, 0.3) is 17.7 Å². The van der Waals surface area contributed by atoms with Gasteiger partial charge in [-0.25, -0.2) is 0 Å². The molecule has 2 aromatic carbocycles. The van der Waals surface area contributed by atoms with E-state index in [0.29, 0.717) is 23.2 Å². The smallest absolute Gasteiger partial charge is 0.261 e. The van der Waals surface area contributed by atoms with Gasteiger partial charge in [-0.3, -0.25) is 19.3 Å². The molecule has 6 nitrogen and oxygen atoms in total. The number of nitrogens with zero attached hydrogens (tertiary/aromatic N) is 2. The van der Waals surface area contributed by atoms with E-state index in [1.165, 1.54) is 4.90 Å². The van der Waals surface area contributed by atoms with Crippen molar-refractivity contribution in [3.63, 3.8) is 0 Å². The molecule has 0 bridgehead atoms. The number of hydrogen-bond donors (Lipinski definition) is 1. The molecule has 0 radical (unpaired) electrons. The van der Waals surface area contributed by atoms with Crippen LogP contribution in [0, 0.1) is 0 Å². The second-order valence-electron chi connectivity index (χ2n) is 6.99. The highest BCUT2D eigenvalue weighted by molar-refractivity contribution is 6.21. The van der Waals surface area contributed by atoms with Crippen molar-refractivity contribution in [2.75, 3.05) is 19.6 Å². The molecule has 0 spiro atoms. The van der Waals surface area contributed by atoms with Gasteiger partial charge in [-0.1, -0.05) is 24.3 Å². The lowest BCUT2D eigenvalue weighted by molar-refractivity contribution is 0.0640. The zero-order chi connectivity index (χ0) is 19.0. The summed E-state index contributed by atoms with van der Waals surface area (Å²) in [5.41, 5.74) is 2.21. The highest BCUT2D eigenvalue weighted by Gasteiger charge is 2.35. The fourth-order valence-corrected chi connectivity index (χ4v) is 3.68. The maximum Gasteiger partial charge on any atom is 0.261 e. The molecule has 6 heteroatoms. The van der Waals surface area contributed by atoms with Crippen molar-refractivity contribution in [2.24, 2.45) is 0 Å². The summed E-state index contributed by atoms with van der Waals surface area (Å²) in [7, 11) is 0. The van der Waals surface area contributed by atoms with Crippen molar-refractivity contribution in [3.8, 4) is 0 Å². The van der Waals surface area contributed by atoms with Crippen LogP contribution in [0.1, 0.15) is 43.6 Å². The Bertz CT molecular complexity index is 889. The molecule has 27 heavy (non-hydrogen) atoms. The number of imide groups is 1. The third-order valence-corrected chi connectivity index (χ3v) is 5.15. The van der Waals surface area contributed by atoms with E-state index in [1.807, 2.05) is 17.9 Å². The average molecular weight is 363 g/mol. The van der Waals surface area contributed by atoms with Crippen molar-refractivity contribution < 1.29 is 14.4 Å². The van der Waals surface area contributed by atoms with Crippen LogP contribution in [-0.2, 0) is 6.54 Å². The minimum atomic E-state index is -0.289. The van der Waals surface area contributed by atoms with Crippen LogP contribution in [0.15, 0.2) is 48.5 Å². The molecule has 1 N–H and O–H groups in total. The summed E-state index contributed by atoms with van der Waals surface area (Å²) in [6.45, 7) is 4.41. The van der Waals surface area contributed by atoms with Gasteiger partial charge in [-0.15, -0.1) is 0 Å². The number of fused-ring (bicyclic) bond motifs is 1. The summed E-state index contributed by atoms with van der Waals surface area (Å²) in [6, 6.07) is 14.2. The molecule has 2 aliphatic heterocycles. The molecule has 0 saturated carbocycles. The normalized spacial score (nSPS) is 19.4. The molecule has 2 aromatic rings. The van der Waals surface area contributed by atoms with Gasteiger partial charge < -0.3 is 10.2 Å². The zero-order valence-electron chi connectivity index (χ0n) is 15.1. The largest absolute Gasteiger partial charge is 0.333 e. The van der Waals surface area contributed by atoms with E-state index in [1.54, 1.807) is 42.5 Å². The lowest BCUT2D eigenvalue weighted by Gasteiger charge is -2.34. The highest BCUT2D eigenvalue weighted by Crippen LogP contribution is 2.24. The molecular formula is C21H21N3O3. The molecule has 3 amide bonds. The number of benzene rings is 2. The maximum atomic E-state index is 12.9. The standard InChI is InChI=1S/C21H21N3O3/c1-14-12-22-9-10-23(14)19(25)16-6-4-5-15(11-16)13-24-20(26)17-7-2-3-8-18(17)21(24)27/h2-8,11,14,22H,9-10,12-13H2,1H3. The Balaban J connectivity index is 1.55. The van der Waals surface area contributed by atoms with Crippen molar-refractivity contribution >= 4 is 17.7 Å². The zero-order valence-corrected chi connectivity index (χ0v) is 15.1. The number of piperazine rings is 1. The molecule has 1 fully saturated rings. The fourth-order valence-electron chi connectivity index (χ4n) is 3.68. The predicted octanol–water partition coefficient (Wildman–Crippen LogP) is 1.92. The van der Waals surface area contributed by atoms with Crippen LogP contribution in [0.2, 0.25) is 0 Å². The quantitative estimate of drug-likeness (QED) is 0.846. The van der Waals surface area contributed by atoms with Crippen molar-refractivity contribution in [1.29, 1.82) is 0 Å². The number of amides is 3. The molecular weight excluding hydrogens is 342 g/mol.